The number of pyridine rings is 1. The first kappa shape index (κ1) is 17.4. The van der Waals surface area contributed by atoms with Crippen molar-refractivity contribution in [1.29, 1.82) is 0 Å². The van der Waals surface area contributed by atoms with Gasteiger partial charge >= 0.3 is 0 Å². The van der Waals surface area contributed by atoms with Gasteiger partial charge in [0, 0.05) is 44.1 Å². The minimum absolute atomic E-state index is 0.0335. The van der Waals surface area contributed by atoms with E-state index in [4.69, 9.17) is 0 Å². The van der Waals surface area contributed by atoms with E-state index in [1.165, 1.54) is 0 Å². The molecule has 1 amide bonds. The molecular weight excluding hydrogens is 326 g/mol. The van der Waals surface area contributed by atoms with Gasteiger partial charge < -0.3 is 4.90 Å². The summed E-state index contributed by atoms with van der Waals surface area (Å²) in [6, 6.07) is 3.41. The fourth-order valence-electron chi connectivity index (χ4n) is 3.76. The van der Waals surface area contributed by atoms with Gasteiger partial charge in [-0.1, -0.05) is 13.8 Å². The number of nitrogens with zero attached hydrogens (tertiary/aromatic N) is 3. The van der Waals surface area contributed by atoms with Crippen molar-refractivity contribution in [3.63, 3.8) is 0 Å². The van der Waals surface area contributed by atoms with Crippen LogP contribution < -0.4 is 0 Å². The number of hydrogen-bond acceptors (Lipinski definition) is 4. The van der Waals surface area contributed by atoms with Gasteiger partial charge in [-0.05, 0) is 36.8 Å². The van der Waals surface area contributed by atoms with E-state index in [-0.39, 0.29) is 17.1 Å². The summed E-state index contributed by atoms with van der Waals surface area (Å²) in [4.78, 5) is 18.3. The molecule has 0 spiro atoms. The Balaban J connectivity index is 1.71. The lowest BCUT2D eigenvalue weighted by atomic mass is 10.0. The molecule has 2 saturated heterocycles. The van der Waals surface area contributed by atoms with Gasteiger partial charge in [0.1, 0.15) is 0 Å². The molecule has 0 unspecified atom stereocenters. The van der Waals surface area contributed by atoms with Gasteiger partial charge in [0.15, 0.2) is 0 Å². The SMILES string of the molecule is CC(C)CN1C[C@@H]2CCN(C(=O)c3ccncc3)CC[C@@H]2S1(=O)=O. The Morgan fingerprint density at radius 3 is 2.58 bits per heavy atom. The van der Waals surface area contributed by atoms with E-state index in [2.05, 4.69) is 4.98 Å². The summed E-state index contributed by atoms with van der Waals surface area (Å²) in [5.41, 5.74) is 0.612. The molecule has 0 saturated carbocycles. The summed E-state index contributed by atoms with van der Waals surface area (Å²) in [6.07, 6.45) is 4.48. The number of aromatic nitrogens is 1. The fourth-order valence-corrected chi connectivity index (χ4v) is 6.16. The zero-order chi connectivity index (χ0) is 17.3. The monoisotopic (exact) mass is 351 g/mol. The van der Waals surface area contributed by atoms with Gasteiger partial charge in [-0.25, -0.2) is 12.7 Å². The quantitative estimate of drug-likeness (QED) is 0.829. The number of likely N-dealkylation sites (tertiary alicyclic amines) is 1. The minimum atomic E-state index is -3.23. The molecule has 0 aliphatic carbocycles. The van der Waals surface area contributed by atoms with Gasteiger partial charge in [-0.3, -0.25) is 9.78 Å². The van der Waals surface area contributed by atoms with Crippen LogP contribution in [0.4, 0.5) is 0 Å². The lowest BCUT2D eigenvalue weighted by molar-refractivity contribution is 0.0759. The number of sulfonamides is 1. The van der Waals surface area contributed by atoms with Crippen molar-refractivity contribution in [3.8, 4) is 0 Å². The third-order valence-corrected chi connectivity index (χ3v) is 7.35. The predicted octanol–water partition coefficient (Wildman–Crippen LogP) is 1.60. The van der Waals surface area contributed by atoms with Gasteiger partial charge in [0.05, 0.1) is 5.25 Å². The maximum atomic E-state index is 12.8. The molecule has 24 heavy (non-hydrogen) atoms. The Morgan fingerprint density at radius 1 is 1.25 bits per heavy atom. The Bertz CT molecular complexity index is 690. The lowest BCUT2D eigenvalue weighted by Gasteiger charge is -2.22. The second-order valence-electron chi connectivity index (χ2n) is 7.16. The number of carbonyl (C=O) groups excluding carboxylic acids is 1. The molecule has 3 heterocycles. The van der Waals surface area contributed by atoms with Crippen molar-refractivity contribution in [3.05, 3.63) is 30.1 Å². The van der Waals surface area contributed by atoms with Crippen molar-refractivity contribution in [2.24, 2.45) is 11.8 Å². The van der Waals surface area contributed by atoms with E-state index >= 15 is 0 Å². The zero-order valence-corrected chi connectivity index (χ0v) is 15.1. The summed E-state index contributed by atoms with van der Waals surface area (Å²) >= 11 is 0. The first-order chi connectivity index (χ1) is 11.4. The van der Waals surface area contributed by atoms with Crippen LogP contribution >= 0.6 is 0 Å². The molecule has 132 valence electrons. The molecule has 1 aromatic rings. The molecule has 0 aromatic carbocycles. The van der Waals surface area contributed by atoms with Crippen LogP contribution in [0.25, 0.3) is 0 Å². The highest BCUT2D eigenvalue weighted by atomic mass is 32.2. The van der Waals surface area contributed by atoms with E-state index in [1.54, 1.807) is 33.7 Å². The van der Waals surface area contributed by atoms with Gasteiger partial charge in [-0.15, -0.1) is 0 Å². The van der Waals surface area contributed by atoms with Crippen molar-refractivity contribution in [1.82, 2.24) is 14.2 Å². The number of amides is 1. The maximum Gasteiger partial charge on any atom is 0.253 e. The molecular formula is C17H25N3O3S. The molecule has 2 atom stereocenters. The Morgan fingerprint density at radius 2 is 1.92 bits per heavy atom. The molecule has 3 rings (SSSR count). The van der Waals surface area contributed by atoms with Crippen molar-refractivity contribution in [2.75, 3.05) is 26.2 Å². The Labute approximate surface area is 143 Å². The van der Waals surface area contributed by atoms with Crippen LogP contribution in [0.5, 0.6) is 0 Å². The molecule has 6 nitrogen and oxygen atoms in total. The smallest absolute Gasteiger partial charge is 0.253 e. The molecule has 7 heteroatoms. The van der Waals surface area contributed by atoms with Crippen LogP contribution in [0.15, 0.2) is 24.5 Å². The predicted molar refractivity (Wildman–Crippen MR) is 92.0 cm³/mol. The zero-order valence-electron chi connectivity index (χ0n) is 14.3. The molecule has 0 bridgehead atoms. The van der Waals surface area contributed by atoms with Crippen LogP contribution in [-0.4, -0.2) is 59.9 Å². The van der Waals surface area contributed by atoms with Gasteiger partial charge in [0.2, 0.25) is 10.0 Å². The molecule has 2 fully saturated rings. The summed E-state index contributed by atoms with van der Waals surface area (Å²) in [5.74, 6) is 0.421. The van der Waals surface area contributed by atoms with E-state index in [0.717, 1.165) is 6.42 Å². The largest absolute Gasteiger partial charge is 0.339 e. The molecule has 2 aliphatic heterocycles. The lowest BCUT2D eigenvalue weighted by Crippen LogP contribution is -2.35. The minimum Gasteiger partial charge on any atom is -0.339 e. The third kappa shape index (κ3) is 3.32. The summed E-state index contributed by atoms with van der Waals surface area (Å²) < 4.78 is 27.2. The Kier molecular flexibility index (Phi) is 4.92. The number of carbonyl (C=O) groups is 1. The highest BCUT2D eigenvalue weighted by Gasteiger charge is 2.47. The maximum absolute atomic E-state index is 12.8. The van der Waals surface area contributed by atoms with Gasteiger partial charge in [0.25, 0.3) is 5.91 Å². The van der Waals surface area contributed by atoms with Gasteiger partial charge in [-0.2, -0.15) is 0 Å². The van der Waals surface area contributed by atoms with Crippen LogP contribution in [-0.2, 0) is 10.0 Å². The van der Waals surface area contributed by atoms with E-state index in [0.29, 0.717) is 44.1 Å². The summed E-state index contributed by atoms with van der Waals surface area (Å²) in [6.45, 7) is 6.39. The first-order valence-electron chi connectivity index (χ1n) is 8.58. The van der Waals surface area contributed by atoms with E-state index in [9.17, 15) is 13.2 Å². The number of rotatable bonds is 3. The van der Waals surface area contributed by atoms with Crippen molar-refractivity contribution >= 4 is 15.9 Å². The van der Waals surface area contributed by atoms with Crippen LogP contribution in [0, 0.1) is 11.8 Å². The number of hydrogen-bond donors (Lipinski definition) is 0. The molecule has 0 radical (unpaired) electrons. The fraction of sp³-hybridized carbons (Fsp3) is 0.647. The van der Waals surface area contributed by atoms with Crippen molar-refractivity contribution in [2.45, 2.75) is 31.9 Å². The second-order valence-corrected chi connectivity index (χ2v) is 9.31. The third-order valence-electron chi connectivity index (χ3n) is 4.94. The molecule has 0 N–H and O–H groups in total. The highest BCUT2D eigenvalue weighted by Crippen LogP contribution is 2.34. The normalized spacial score (nSPS) is 27.0. The Hall–Kier alpha value is -1.47. The van der Waals surface area contributed by atoms with Crippen molar-refractivity contribution < 1.29 is 13.2 Å². The average Bonchev–Trinajstić information content (AvgIpc) is 2.70. The molecule has 1 aromatic heterocycles. The first-order valence-corrected chi connectivity index (χ1v) is 10.1. The highest BCUT2D eigenvalue weighted by molar-refractivity contribution is 7.90. The molecule has 2 aliphatic rings. The van der Waals surface area contributed by atoms with Crippen LogP contribution in [0.2, 0.25) is 0 Å². The van der Waals surface area contributed by atoms with E-state index < -0.39 is 10.0 Å². The van der Waals surface area contributed by atoms with Crippen LogP contribution in [0.1, 0.15) is 37.0 Å². The topological polar surface area (TPSA) is 70.6 Å². The summed E-state index contributed by atoms with van der Waals surface area (Å²) in [7, 11) is -3.23. The average molecular weight is 351 g/mol. The standard InChI is InChI=1S/C17H25N3O3S/c1-13(2)11-20-12-15-5-9-19(10-6-16(15)24(20,22)23)17(21)14-3-7-18-8-4-14/h3-4,7-8,13,15-16H,5-6,9-12H2,1-2H3/t15-,16-/m0/s1. The van der Waals surface area contributed by atoms with Crippen LogP contribution in [0.3, 0.4) is 0 Å². The summed E-state index contributed by atoms with van der Waals surface area (Å²) in [5, 5.41) is -0.341. The van der Waals surface area contributed by atoms with E-state index in [1.807, 2.05) is 13.8 Å². The second kappa shape index (κ2) is 6.80. The number of fused-ring (bicyclic) bond motifs is 1.